The zero-order valence-electron chi connectivity index (χ0n) is 10.7. The molecular formula is C13H22N4. The maximum atomic E-state index is 5.92. The van der Waals surface area contributed by atoms with Crippen LogP contribution >= 0.6 is 0 Å². The van der Waals surface area contributed by atoms with Crippen LogP contribution in [0.3, 0.4) is 0 Å². The van der Waals surface area contributed by atoms with E-state index in [4.69, 9.17) is 5.73 Å². The Balaban J connectivity index is 2.06. The Labute approximate surface area is 103 Å². The molecule has 0 radical (unpaired) electrons. The molecule has 1 fully saturated rings. The predicted octanol–water partition coefficient (Wildman–Crippen LogP) is 0.717. The quantitative estimate of drug-likeness (QED) is 0.834. The molecule has 1 saturated heterocycles. The van der Waals surface area contributed by atoms with E-state index in [0.717, 1.165) is 13.1 Å². The van der Waals surface area contributed by atoms with Crippen LogP contribution in [0.1, 0.15) is 18.0 Å². The van der Waals surface area contributed by atoms with E-state index in [2.05, 4.69) is 34.9 Å². The van der Waals surface area contributed by atoms with E-state index >= 15 is 0 Å². The van der Waals surface area contributed by atoms with Crippen LogP contribution in [0.2, 0.25) is 0 Å². The van der Waals surface area contributed by atoms with Crippen molar-refractivity contribution in [1.82, 2.24) is 14.8 Å². The zero-order chi connectivity index (χ0) is 12.3. The molecule has 0 aliphatic carbocycles. The van der Waals surface area contributed by atoms with Gasteiger partial charge in [0.2, 0.25) is 0 Å². The van der Waals surface area contributed by atoms with Gasteiger partial charge in [-0.15, -0.1) is 0 Å². The lowest BCUT2D eigenvalue weighted by Gasteiger charge is -2.27. The summed E-state index contributed by atoms with van der Waals surface area (Å²) in [5.41, 5.74) is 7.15. The molecule has 0 saturated carbocycles. The van der Waals surface area contributed by atoms with E-state index in [1.807, 2.05) is 18.5 Å². The van der Waals surface area contributed by atoms with Crippen molar-refractivity contribution in [2.45, 2.75) is 18.5 Å². The summed E-state index contributed by atoms with van der Waals surface area (Å²) in [7, 11) is 4.30. The van der Waals surface area contributed by atoms with Crippen molar-refractivity contribution in [3.63, 3.8) is 0 Å². The highest BCUT2D eigenvalue weighted by Crippen LogP contribution is 2.24. The van der Waals surface area contributed by atoms with Crippen LogP contribution in [-0.2, 0) is 0 Å². The summed E-state index contributed by atoms with van der Waals surface area (Å²) in [4.78, 5) is 8.96. The first-order valence-electron chi connectivity index (χ1n) is 6.23. The van der Waals surface area contributed by atoms with Crippen molar-refractivity contribution in [1.29, 1.82) is 0 Å². The Morgan fingerprint density at radius 1 is 1.59 bits per heavy atom. The Bertz CT molecular complexity index is 339. The number of likely N-dealkylation sites (N-methyl/N-ethyl adjacent to an activating group) is 1. The second kappa shape index (κ2) is 5.58. The number of pyridine rings is 1. The van der Waals surface area contributed by atoms with Crippen LogP contribution in [-0.4, -0.2) is 54.6 Å². The van der Waals surface area contributed by atoms with E-state index in [1.165, 1.54) is 12.0 Å². The van der Waals surface area contributed by atoms with E-state index < -0.39 is 0 Å². The van der Waals surface area contributed by atoms with Gasteiger partial charge in [-0.2, -0.15) is 0 Å². The topological polar surface area (TPSA) is 45.4 Å². The first kappa shape index (κ1) is 12.5. The van der Waals surface area contributed by atoms with Gasteiger partial charge in [-0.1, -0.05) is 6.07 Å². The third kappa shape index (κ3) is 2.83. The molecule has 1 aromatic rings. The second-order valence-electron chi connectivity index (χ2n) is 4.94. The van der Waals surface area contributed by atoms with Crippen molar-refractivity contribution in [2.24, 2.45) is 5.73 Å². The lowest BCUT2D eigenvalue weighted by molar-refractivity contribution is 0.220. The maximum Gasteiger partial charge on any atom is 0.0486 e. The standard InChI is InChI=1S/C13H22N4/c1-16(2)12-5-7-17(10-12)13(8-14)11-4-3-6-15-9-11/h3-4,6,9,12-13H,5,7-8,10,14H2,1-2H3. The van der Waals surface area contributed by atoms with Gasteiger partial charge in [-0.3, -0.25) is 9.88 Å². The number of likely N-dealkylation sites (tertiary alicyclic amines) is 1. The number of hydrogen-bond acceptors (Lipinski definition) is 4. The third-order valence-electron chi connectivity index (χ3n) is 3.66. The average molecular weight is 234 g/mol. The number of hydrogen-bond donors (Lipinski definition) is 1. The van der Waals surface area contributed by atoms with Gasteiger partial charge in [0.1, 0.15) is 0 Å². The molecular weight excluding hydrogens is 212 g/mol. The summed E-state index contributed by atoms with van der Waals surface area (Å²) in [6.45, 7) is 2.88. The SMILES string of the molecule is CN(C)C1CCN(C(CN)c2cccnc2)C1. The van der Waals surface area contributed by atoms with E-state index in [0.29, 0.717) is 18.6 Å². The van der Waals surface area contributed by atoms with Crippen molar-refractivity contribution in [3.05, 3.63) is 30.1 Å². The van der Waals surface area contributed by atoms with Crippen LogP contribution < -0.4 is 5.73 Å². The molecule has 4 nitrogen and oxygen atoms in total. The van der Waals surface area contributed by atoms with Crippen LogP contribution in [0.5, 0.6) is 0 Å². The van der Waals surface area contributed by atoms with Gasteiger partial charge < -0.3 is 10.6 Å². The first-order chi connectivity index (χ1) is 8.22. The monoisotopic (exact) mass is 234 g/mol. The minimum atomic E-state index is 0.314. The molecule has 2 rings (SSSR count). The fourth-order valence-electron chi connectivity index (χ4n) is 2.54. The lowest BCUT2D eigenvalue weighted by atomic mass is 10.1. The van der Waals surface area contributed by atoms with Crippen molar-refractivity contribution in [2.75, 3.05) is 33.7 Å². The molecule has 1 aromatic heterocycles. The minimum absolute atomic E-state index is 0.314. The fourth-order valence-corrected chi connectivity index (χ4v) is 2.54. The first-order valence-corrected chi connectivity index (χ1v) is 6.23. The second-order valence-corrected chi connectivity index (χ2v) is 4.94. The van der Waals surface area contributed by atoms with Crippen molar-refractivity contribution >= 4 is 0 Å². The van der Waals surface area contributed by atoms with E-state index in [-0.39, 0.29) is 0 Å². The molecule has 1 aliphatic rings. The Hall–Kier alpha value is -0.970. The van der Waals surface area contributed by atoms with Crippen LogP contribution in [0.4, 0.5) is 0 Å². The van der Waals surface area contributed by atoms with Gasteiger partial charge in [0, 0.05) is 44.1 Å². The molecule has 94 valence electrons. The fraction of sp³-hybridized carbons (Fsp3) is 0.615. The minimum Gasteiger partial charge on any atom is -0.329 e. The number of rotatable bonds is 4. The molecule has 0 aromatic carbocycles. The van der Waals surface area contributed by atoms with Gasteiger partial charge in [-0.05, 0) is 32.1 Å². The number of aromatic nitrogens is 1. The van der Waals surface area contributed by atoms with Gasteiger partial charge in [0.25, 0.3) is 0 Å². The molecule has 17 heavy (non-hydrogen) atoms. The highest BCUT2D eigenvalue weighted by Gasteiger charge is 2.29. The van der Waals surface area contributed by atoms with Crippen LogP contribution in [0, 0.1) is 0 Å². The highest BCUT2D eigenvalue weighted by atomic mass is 15.3. The number of nitrogens with two attached hydrogens (primary N) is 1. The van der Waals surface area contributed by atoms with Crippen LogP contribution in [0.25, 0.3) is 0 Å². The molecule has 2 atom stereocenters. The zero-order valence-corrected chi connectivity index (χ0v) is 10.7. The molecule has 2 unspecified atom stereocenters. The van der Waals surface area contributed by atoms with E-state index in [9.17, 15) is 0 Å². The Kier molecular flexibility index (Phi) is 4.10. The largest absolute Gasteiger partial charge is 0.329 e. The Morgan fingerprint density at radius 2 is 2.41 bits per heavy atom. The molecule has 2 N–H and O–H groups in total. The summed E-state index contributed by atoms with van der Waals surface area (Å²) in [5.74, 6) is 0. The molecule has 1 aliphatic heterocycles. The lowest BCUT2D eigenvalue weighted by Crippen LogP contribution is -2.36. The predicted molar refractivity (Wildman–Crippen MR) is 69.7 cm³/mol. The van der Waals surface area contributed by atoms with Gasteiger partial charge in [-0.25, -0.2) is 0 Å². The van der Waals surface area contributed by atoms with Gasteiger partial charge in [0.15, 0.2) is 0 Å². The third-order valence-corrected chi connectivity index (χ3v) is 3.66. The average Bonchev–Trinajstić information content (AvgIpc) is 2.81. The molecule has 4 heteroatoms. The molecule has 0 amide bonds. The van der Waals surface area contributed by atoms with Gasteiger partial charge >= 0.3 is 0 Å². The smallest absolute Gasteiger partial charge is 0.0486 e. The summed E-state index contributed by atoms with van der Waals surface area (Å²) in [6.07, 6.45) is 4.97. The van der Waals surface area contributed by atoms with Crippen molar-refractivity contribution < 1.29 is 0 Å². The molecule has 2 heterocycles. The highest BCUT2D eigenvalue weighted by molar-refractivity contribution is 5.15. The molecule has 0 bridgehead atoms. The summed E-state index contributed by atoms with van der Waals surface area (Å²) < 4.78 is 0. The van der Waals surface area contributed by atoms with E-state index in [1.54, 1.807) is 0 Å². The van der Waals surface area contributed by atoms with Crippen molar-refractivity contribution in [3.8, 4) is 0 Å². The summed E-state index contributed by atoms with van der Waals surface area (Å²) >= 11 is 0. The summed E-state index contributed by atoms with van der Waals surface area (Å²) in [5, 5.41) is 0. The van der Waals surface area contributed by atoms with Gasteiger partial charge in [0.05, 0.1) is 0 Å². The maximum absolute atomic E-state index is 5.92. The summed E-state index contributed by atoms with van der Waals surface area (Å²) in [6, 6.07) is 5.07. The Morgan fingerprint density at radius 3 is 2.94 bits per heavy atom. The normalized spacial score (nSPS) is 23.2. The van der Waals surface area contributed by atoms with Crippen LogP contribution in [0.15, 0.2) is 24.5 Å². The molecule has 0 spiro atoms. The number of nitrogens with zero attached hydrogens (tertiary/aromatic N) is 3.